The van der Waals surface area contributed by atoms with Crippen molar-refractivity contribution in [3.05, 3.63) is 50.9 Å². The van der Waals surface area contributed by atoms with E-state index in [1.165, 1.54) is 11.8 Å². The van der Waals surface area contributed by atoms with Crippen LogP contribution in [0.25, 0.3) is 0 Å². The van der Waals surface area contributed by atoms with Gasteiger partial charge >= 0.3 is 0 Å². The van der Waals surface area contributed by atoms with Gasteiger partial charge in [0.15, 0.2) is 0 Å². The predicted octanol–water partition coefficient (Wildman–Crippen LogP) is 4.24. The highest BCUT2D eigenvalue weighted by molar-refractivity contribution is 8.00. The van der Waals surface area contributed by atoms with E-state index in [0.717, 1.165) is 5.56 Å². The fourth-order valence-corrected chi connectivity index (χ4v) is 3.72. The molecule has 1 N–H and O–H groups in total. The summed E-state index contributed by atoms with van der Waals surface area (Å²) in [6, 6.07) is 6.98. The van der Waals surface area contributed by atoms with E-state index < -0.39 is 0 Å². The first-order valence-corrected chi connectivity index (χ1v) is 9.18. The highest BCUT2D eigenvalue weighted by Gasteiger charge is 2.16. The molecule has 8 heteroatoms. The molecule has 2 aromatic rings. The number of hydrogen-bond acceptors (Lipinski definition) is 5. The van der Waals surface area contributed by atoms with Gasteiger partial charge < -0.3 is 5.32 Å². The van der Waals surface area contributed by atoms with Crippen LogP contribution in [0.5, 0.6) is 0 Å². The second kappa shape index (κ2) is 8.52. The fraction of sp³-hybridized carbons (Fsp3) is 0.294. The number of nitrogens with one attached hydrogen (secondary N) is 1. The largest absolute Gasteiger partial charge is 0.349 e. The standard InChI is InChI=1S/C17H16Cl2N4OS/c1-9(13-5-4-12(18)6-15(13)19)22-16(24)8-25-17-14(7-20)10(2)21-11(3)23-17/h4-6,9H,8H2,1-3H3,(H,22,24). The molecule has 25 heavy (non-hydrogen) atoms. The molecule has 0 aliphatic rings. The summed E-state index contributed by atoms with van der Waals surface area (Å²) in [7, 11) is 0. The Morgan fingerprint density at radius 3 is 2.72 bits per heavy atom. The molecule has 0 aliphatic heterocycles. The van der Waals surface area contributed by atoms with Gasteiger partial charge in [-0.3, -0.25) is 4.79 Å². The van der Waals surface area contributed by atoms with E-state index in [4.69, 9.17) is 23.2 Å². The first kappa shape index (κ1) is 19.5. The van der Waals surface area contributed by atoms with Crippen molar-refractivity contribution in [1.29, 1.82) is 5.26 Å². The summed E-state index contributed by atoms with van der Waals surface area (Å²) in [5.41, 5.74) is 1.80. The van der Waals surface area contributed by atoms with Crippen LogP contribution in [0.2, 0.25) is 10.0 Å². The van der Waals surface area contributed by atoms with E-state index in [9.17, 15) is 10.1 Å². The Kier molecular flexibility index (Phi) is 6.65. The third-order valence-corrected chi connectivity index (χ3v) is 4.96. The minimum Gasteiger partial charge on any atom is -0.349 e. The average Bonchev–Trinajstić information content (AvgIpc) is 2.52. The molecule has 1 unspecified atom stereocenters. The Labute approximate surface area is 160 Å². The predicted molar refractivity (Wildman–Crippen MR) is 100.0 cm³/mol. The number of benzene rings is 1. The number of hydrogen-bond donors (Lipinski definition) is 1. The number of aromatic nitrogens is 2. The van der Waals surface area contributed by atoms with Crippen molar-refractivity contribution in [2.75, 3.05) is 5.75 Å². The maximum absolute atomic E-state index is 12.2. The van der Waals surface area contributed by atoms with Crippen LogP contribution in [0, 0.1) is 25.2 Å². The first-order chi connectivity index (χ1) is 11.8. The molecule has 1 amide bonds. The van der Waals surface area contributed by atoms with Gasteiger partial charge in [0.2, 0.25) is 5.91 Å². The molecule has 0 aliphatic carbocycles. The van der Waals surface area contributed by atoms with Crippen LogP contribution in [0.1, 0.15) is 35.6 Å². The number of rotatable bonds is 5. The summed E-state index contributed by atoms with van der Waals surface area (Å²) < 4.78 is 0. The molecular formula is C17H16Cl2N4OS. The molecule has 0 saturated carbocycles. The topological polar surface area (TPSA) is 78.7 Å². The second-order valence-electron chi connectivity index (χ2n) is 5.39. The minimum atomic E-state index is -0.262. The molecule has 130 valence electrons. The van der Waals surface area contributed by atoms with Crippen LogP contribution < -0.4 is 5.32 Å². The van der Waals surface area contributed by atoms with Crippen LogP contribution in [0.3, 0.4) is 0 Å². The van der Waals surface area contributed by atoms with Gasteiger partial charge in [-0.25, -0.2) is 9.97 Å². The van der Waals surface area contributed by atoms with Crippen molar-refractivity contribution in [2.45, 2.75) is 31.8 Å². The summed E-state index contributed by atoms with van der Waals surface area (Å²) in [4.78, 5) is 20.6. The normalized spacial score (nSPS) is 11.7. The molecule has 1 heterocycles. The van der Waals surface area contributed by atoms with E-state index in [2.05, 4.69) is 21.4 Å². The molecule has 0 fully saturated rings. The molecule has 0 spiro atoms. The third kappa shape index (κ3) is 5.08. The lowest BCUT2D eigenvalue weighted by molar-refractivity contribution is -0.119. The van der Waals surface area contributed by atoms with E-state index >= 15 is 0 Å². The number of carbonyl (C=O) groups excluding carboxylic acids is 1. The Bertz CT molecular complexity index is 851. The molecular weight excluding hydrogens is 379 g/mol. The van der Waals surface area contributed by atoms with Gasteiger partial charge in [-0.15, -0.1) is 0 Å². The van der Waals surface area contributed by atoms with E-state index in [-0.39, 0.29) is 17.7 Å². The fourth-order valence-electron chi connectivity index (χ4n) is 2.26. The van der Waals surface area contributed by atoms with Gasteiger partial charge in [-0.05, 0) is 38.5 Å². The molecule has 0 saturated heterocycles. The summed E-state index contributed by atoms with van der Waals surface area (Å²) in [6.45, 7) is 5.35. The van der Waals surface area contributed by atoms with E-state index in [1.54, 1.807) is 32.0 Å². The Balaban J connectivity index is 2.03. The third-order valence-electron chi connectivity index (χ3n) is 3.43. The molecule has 1 atom stereocenters. The molecule has 0 radical (unpaired) electrons. The highest BCUT2D eigenvalue weighted by Crippen LogP contribution is 2.26. The SMILES string of the molecule is Cc1nc(C)c(C#N)c(SCC(=O)NC(C)c2ccc(Cl)cc2Cl)n1. The number of halogens is 2. The van der Waals surface area contributed by atoms with Gasteiger partial charge in [0.25, 0.3) is 0 Å². The highest BCUT2D eigenvalue weighted by atomic mass is 35.5. The first-order valence-electron chi connectivity index (χ1n) is 7.44. The molecule has 0 bridgehead atoms. The number of aryl methyl sites for hydroxylation is 2. The number of nitriles is 1. The monoisotopic (exact) mass is 394 g/mol. The van der Waals surface area contributed by atoms with Crippen LogP contribution in [0.4, 0.5) is 0 Å². The molecule has 2 rings (SSSR count). The quantitative estimate of drug-likeness (QED) is 0.605. The molecule has 1 aromatic heterocycles. The summed E-state index contributed by atoms with van der Waals surface area (Å²) in [6.07, 6.45) is 0. The van der Waals surface area contributed by atoms with Gasteiger partial charge in [0, 0.05) is 10.0 Å². The summed E-state index contributed by atoms with van der Waals surface area (Å²) >= 11 is 13.3. The van der Waals surface area contributed by atoms with Crippen LogP contribution in [-0.2, 0) is 4.79 Å². The lowest BCUT2D eigenvalue weighted by Crippen LogP contribution is -2.28. The maximum atomic E-state index is 12.2. The zero-order valence-corrected chi connectivity index (χ0v) is 16.3. The number of thioether (sulfide) groups is 1. The number of amides is 1. The number of carbonyl (C=O) groups is 1. The zero-order chi connectivity index (χ0) is 18.6. The van der Waals surface area contributed by atoms with Gasteiger partial charge in [-0.1, -0.05) is 41.0 Å². The molecule has 1 aromatic carbocycles. The Morgan fingerprint density at radius 2 is 2.08 bits per heavy atom. The van der Waals surface area contributed by atoms with Gasteiger partial charge in [-0.2, -0.15) is 5.26 Å². The van der Waals surface area contributed by atoms with E-state index in [0.29, 0.717) is 32.2 Å². The minimum absolute atomic E-state index is 0.139. The van der Waals surface area contributed by atoms with Gasteiger partial charge in [0.1, 0.15) is 22.5 Å². The lowest BCUT2D eigenvalue weighted by atomic mass is 10.1. The second-order valence-corrected chi connectivity index (χ2v) is 7.20. The van der Waals surface area contributed by atoms with Crippen LogP contribution in [0.15, 0.2) is 23.2 Å². The molecule has 5 nitrogen and oxygen atoms in total. The van der Waals surface area contributed by atoms with Crippen molar-refractivity contribution in [2.24, 2.45) is 0 Å². The van der Waals surface area contributed by atoms with E-state index in [1.807, 2.05) is 6.92 Å². The van der Waals surface area contributed by atoms with Crippen molar-refractivity contribution < 1.29 is 4.79 Å². The summed E-state index contributed by atoms with van der Waals surface area (Å²) in [5.74, 6) is 0.530. The smallest absolute Gasteiger partial charge is 0.230 e. The van der Waals surface area contributed by atoms with Crippen LogP contribution in [-0.4, -0.2) is 21.6 Å². The lowest BCUT2D eigenvalue weighted by Gasteiger charge is -2.16. The Hall–Kier alpha value is -1.81. The van der Waals surface area contributed by atoms with Crippen LogP contribution >= 0.6 is 35.0 Å². The Morgan fingerprint density at radius 1 is 1.36 bits per heavy atom. The summed E-state index contributed by atoms with van der Waals surface area (Å²) in [5, 5.41) is 13.7. The van der Waals surface area contributed by atoms with Crippen molar-refractivity contribution in [3.63, 3.8) is 0 Å². The number of nitrogens with zero attached hydrogens (tertiary/aromatic N) is 3. The van der Waals surface area contributed by atoms with Crippen molar-refractivity contribution >= 4 is 40.9 Å². The average molecular weight is 395 g/mol. The zero-order valence-electron chi connectivity index (χ0n) is 13.9. The maximum Gasteiger partial charge on any atom is 0.230 e. The van der Waals surface area contributed by atoms with Crippen molar-refractivity contribution in [1.82, 2.24) is 15.3 Å². The van der Waals surface area contributed by atoms with Gasteiger partial charge in [0.05, 0.1) is 17.5 Å². The van der Waals surface area contributed by atoms with Crippen molar-refractivity contribution in [3.8, 4) is 6.07 Å².